The lowest BCUT2D eigenvalue weighted by Gasteiger charge is -2.23. The number of alkyl halides is 2. The van der Waals surface area contributed by atoms with Gasteiger partial charge in [0, 0.05) is 12.3 Å². The Morgan fingerprint density at radius 3 is 2.48 bits per heavy atom. The third-order valence-electron chi connectivity index (χ3n) is 3.63. The molecule has 1 rings (SSSR count). The van der Waals surface area contributed by atoms with E-state index in [4.69, 9.17) is 10.8 Å². The van der Waals surface area contributed by atoms with E-state index in [9.17, 15) is 18.7 Å². The normalized spacial score (nSPS) is 14.7. The monoisotopic (exact) mass is 328 g/mol. The van der Waals surface area contributed by atoms with Gasteiger partial charge in [0.25, 0.3) is 6.43 Å². The number of rotatable bonds is 9. The van der Waals surface area contributed by atoms with Crippen LogP contribution in [0.25, 0.3) is 0 Å². The first-order chi connectivity index (χ1) is 10.8. The average molecular weight is 328 g/mol. The zero-order chi connectivity index (χ0) is 17.5. The molecule has 1 atom stereocenters. The highest BCUT2D eigenvalue weighted by Gasteiger charge is 2.43. The minimum Gasteiger partial charge on any atom is -0.508 e. The fourth-order valence-corrected chi connectivity index (χ4v) is 2.02. The van der Waals surface area contributed by atoms with E-state index in [1.54, 1.807) is 12.1 Å². The van der Waals surface area contributed by atoms with Gasteiger partial charge in [0.1, 0.15) is 5.75 Å². The van der Waals surface area contributed by atoms with Gasteiger partial charge in [-0.15, -0.1) is 0 Å². The van der Waals surface area contributed by atoms with Gasteiger partial charge >= 0.3 is 5.97 Å². The number of aromatic hydroxyl groups is 1. The van der Waals surface area contributed by atoms with Crippen LogP contribution < -0.4 is 5.73 Å². The van der Waals surface area contributed by atoms with E-state index in [0.717, 1.165) is 17.7 Å². The minimum atomic E-state index is -3.11. The van der Waals surface area contributed by atoms with Gasteiger partial charge in [-0.1, -0.05) is 12.1 Å². The topological polar surface area (TPSA) is 95.9 Å². The van der Waals surface area contributed by atoms with Crippen LogP contribution >= 0.6 is 0 Å². The van der Waals surface area contributed by atoms with E-state index in [2.05, 4.69) is 4.99 Å². The molecule has 0 aliphatic heterocycles. The van der Waals surface area contributed by atoms with Gasteiger partial charge in [0.15, 0.2) is 5.54 Å². The summed E-state index contributed by atoms with van der Waals surface area (Å²) in [5.74, 6) is -1.48. The molecule has 0 aromatic heterocycles. The zero-order valence-electron chi connectivity index (χ0n) is 13.0. The molecule has 23 heavy (non-hydrogen) atoms. The van der Waals surface area contributed by atoms with Crippen LogP contribution in [0.3, 0.4) is 0 Å². The third-order valence-corrected chi connectivity index (χ3v) is 3.63. The molecule has 7 heteroatoms. The second kappa shape index (κ2) is 8.57. The minimum absolute atomic E-state index is 0.184. The molecule has 0 bridgehead atoms. The van der Waals surface area contributed by atoms with Crippen molar-refractivity contribution < 1.29 is 23.8 Å². The molecule has 4 N–H and O–H groups in total. The number of nitrogens with zero attached hydrogens (tertiary/aromatic N) is 1. The first kappa shape index (κ1) is 19.0. The van der Waals surface area contributed by atoms with Gasteiger partial charge in [-0.2, -0.15) is 0 Å². The fourth-order valence-electron chi connectivity index (χ4n) is 2.02. The lowest BCUT2D eigenvalue weighted by Crippen LogP contribution is -2.54. The summed E-state index contributed by atoms with van der Waals surface area (Å²) in [5.41, 5.74) is 4.64. The Kier molecular flexibility index (Phi) is 7.09. The molecule has 0 heterocycles. The second-order valence-electron chi connectivity index (χ2n) is 5.53. The van der Waals surface area contributed by atoms with Crippen LogP contribution in [0.15, 0.2) is 29.3 Å². The largest absolute Gasteiger partial charge is 0.508 e. The number of hydrogen-bond acceptors (Lipinski definition) is 4. The van der Waals surface area contributed by atoms with E-state index in [0.29, 0.717) is 6.42 Å². The number of carboxylic acids is 1. The maximum absolute atomic E-state index is 12.7. The number of hydrogen-bond donors (Lipinski definition) is 3. The lowest BCUT2D eigenvalue weighted by molar-refractivity contribution is -0.150. The van der Waals surface area contributed by atoms with Crippen molar-refractivity contribution in [3.63, 3.8) is 0 Å². The van der Waals surface area contributed by atoms with Crippen LogP contribution in [-0.4, -0.2) is 40.4 Å². The Hall–Kier alpha value is -2.02. The van der Waals surface area contributed by atoms with Crippen LogP contribution in [-0.2, 0) is 11.2 Å². The molecular weight excluding hydrogens is 306 g/mol. The average Bonchev–Trinajstić information content (AvgIpc) is 2.50. The molecular formula is C16H22F2N2O3. The zero-order valence-corrected chi connectivity index (χ0v) is 13.0. The van der Waals surface area contributed by atoms with E-state index < -0.39 is 17.9 Å². The highest BCUT2D eigenvalue weighted by Crippen LogP contribution is 2.19. The van der Waals surface area contributed by atoms with Crippen molar-refractivity contribution in [3.05, 3.63) is 29.8 Å². The van der Waals surface area contributed by atoms with Crippen molar-refractivity contribution in [2.24, 2.45) is 10.7 Å². The summed E-state index contributed by atoms with van der Waals surface area (Å²) in [6.07, 6.45) is -1.80. The predicted molar refractivity (Wildman–Crippen MR) is 84.2 cm³/mol. The molecule has 0 amide bonds. The smallest absolute Gasteiger partial charge is 0.329 e. The summed E-state index contributed by atoms with van der Waals surface area (Å²) in [6, 6.07) is 6.86. The number of phenols is 1. The number of nitrogens with two attached hydrogens (primary N) is 1. The van der Waals surface area contributed by atoms with E-state index in [1.807, 2.05) is 19.1 Å². The van der Waals surface area contributed by atoms with Crippen molar-refractivity contribution in [1.82, 2.24) is 0 Å². The van der Waals surface area contributed by atoms with Gasteiger partial charge in [-0.05, 0) is 50.3 Å². The van der Waals surface area contributed by atoms with Crippen molar-refractivity contribution in [2.45, 2.75) is 44.6 Å². The predicted octanol–water partition coefficient (Wildman–Crippen LogP) is 2.61. The fraction of sp³-hybridized carbons (Fsp3) is 0.500. The van der Waals surface area contributed by atoms with Gasteiger partial charge in [0.2, 0.25) is 0 Å². The maximum Gasteiger partial charge on any atom is 0.329 e. The Bertz CT molecular complexity index is 547. The maximum atomic E-state index is 12.7. The van der Waals surface area contributed by atoms with Gasteiger partial charge in [-0.25, -0.2) is 13.6 Å². The Morgan fingerprint density at radius 1 is 1.35 bits per heavy atom. The van der Waals surface area contributed by atoms with Crippen LogP contribution in [0.4, 0.5) is 8.78 Å². The summed E-state index contributed by atoms with van der Waals surface area (Å²) in [7, 11) is 0. The first-order valence-corrected chi connectivity index (χ1v) is 7.34. The molecule has 1 unspecified atom stereocenters. The van der Waals surface area contributed by atoms with E-state index >= 15 is 0 Å². The SMILES string of the molecule is C/C(CCc1ccc(O)cc1)=N\CCCC(N)(C(=O)O)C(F)F. The number of carboxylic acid groups (broad SMARTS) is 1. The van der Waals surface area contributed by atoms with Crippen molar-refractivity contribution in [1.29, 1.82) is 0 Å². The molecule has 0 spiro atoms. The first-order valence-electron chi connectivity index (χ1n) is 7.34. The summed E-state index contributed by atoms with van der Waals surface area (Å²) in [6.45, 7) is 2.10. The van der Waals surface area contributed by atoms with Crippen LogP contribution in [0.1, 0.15) is 31.7 Å². The Balaban J connectivity index is 2.39. The van der Waals surface area contributed by atoms with Gasteiger partial charge in [-0.3, -0.25) is 4.99 Å². The highest BCUT2D eigenvalue weighted by molar-refractivity contribution is 5.82. The van der Waals surface area contributed by atoms with E-state index in [1.165, 1.54) is 0 Å². The van der Waals surface area contributed by atoms with Crippen LogP contribution in [0, 0.1) is 0 Å². The molecule has 0 saturated heterocycles. The van der Waals surface area contributed by atoms with Gasteiger partial charge in [0.05, 0.1) is 0 Å². The Labute approximate surface area is 133 Å². The lowest BCUT2D eigenvalue weighted by atomic mass is 9.95. The quantitative estimate of drug-likeness (QED) is 0.479. The number of aliphatic imine (C=N–C) groups is 1. The molecule has 5 nitrogen and oxygen atoms in total. The number of halogens is 2. The molecule has 0 aliphatic rings. The van der Waals surface area contributed by atoms with Gasteiger partial charge < -0.3 is 15.9 Å². The Morgan fingerprint density at radius 2 is 1.96 bits per heavy atom. The van der Waals surface area contributed by atoms with E-state index in [-0.39, 0.29) is 25.1 Å². The number of aliphatic carboxylic acids is 1. The molecule has 0 saturated carbocycles. The molecule has 1 aromatic carbocycles. The highest BCUT2D eigenvalue weighted by atomic mass is 19.3. The van der Waals surface area contributed by atoms with Crippen molar-refractivity contribution in [2.75, 3.05) is 6.54 Å². The van der Waals surface area contributed by atoms with Crippen LogP contribution in [0.5, 0.6) is 5.75 Å². The summed E-state index contributed by atoms with van der Waals surface area (Å²) >= 11 is 0. The summed E-state index contributed by atoms with van der Waals surface area (Å²) in [4.78, 5) is 15.1. The second-order valence-corrected chi connectivity index (χ2v) is 5.53. The number of carbonyl (C=O) groups is 1. The summed E-state index contributed by atoms with van der Waals surface area (Å²) < 4.78 is 25.4. The number of phenolic OH excluding ortho intramolecular Hbond substituents is 1. The molecule has 0 aliphatic carbocycles. The van der Waals surface area contributed by atoms with Crippen LogP contribution in [0.2, 0.25) is 0 Å². The van der Waals surface area contributed by atoms with Crippen molar-refractivity contribution in [3.8, 4) is 5.75 Å². The molecule has 0 radical (unpaired) electrons. The number of benzene rings is 1. The molecule has 1 aromatic rings. The molecule has 0 fully saturated rings. The molecule has 128 valence electrons. The third kappa shape index (κ3) is 5.94. The standard InChI is InChI=1S/C16H22F2N2O3/c1-11(3-4-12-5-7-13(21)8-6-12)20-10-2-9-16(19,14(17)18)15(22)23/h5-8,14,21H,2-4,9-10,19H2,1H3,(H,22,23)/b20-11+. The summed E-state index contributed by atoms with van der Waals surface area (Å²) in [5, 5.41) is 18.0. The number of aryl methyl sites for hydroxylation is 1. The van der Waals surface area contributed by atoms with Crippen molar-refractivity contribution >= 4 is 11.7 Å².